The van der Waals surface area contributed by atoms with Crippen LogP contribution in [0.5, 0.6) is 0 Å². The van der Waals surface area contributed by atoms with E-state index in [4.69, 9.17) is 4.74 Å². The number of methoxy groups -OCH3 is 1. The number of sulfonamides is 1. The summed E-state index contributed by atoms with van der Waals surface area (Å²) in [5.74, 6) is -0.236. The molecule has 1 heterocycles. The molecule has 0 fully saturated rings. The maximum Gasteiger partial charge on any atom is 0.243 e. The molecule has 1 aromatic heterocycles. The molecule has 0 saturated heterocycles. The van der Waals surface area contributed by atoms with Crippen LogP contribution in [0.2, 0.25) is 0 Å². The fourth-order valence-electron chi connectivity index (χ4n) is 3.41. The SMILES string of the molecule is COCCCN(CC(=O)N(Cc1ccccc1)Cc1cccs1)S(=O)(=O)c1ccc(C)cc1. The summed E-state index contributed by atoms with van der Waals surface area (Å²) in [5, 5.41) is 1.97. The van der Waals surface area contributed by atoms with Crippen molar-refractivity contribution in [2.75, 3.05) is 26.8 Å². The minimum absolute atomic E-state index is 0.186. The summed E-state index contributed by atoms with van der Waals surface area (Å²) in [6.07, 6.45) is 0.498. The highest BCUT2D eigenvalue weighted by Gasteiger charge is 2.28. The number of hydrogen-bond donors (Lipinski definition) is 0. The van der Waals surface area contributed by atoms with Gasteiger partial charge in [-0.15, -0.1) is 11.3 Å². The van der Waals surface area contributed by atoms with Gasteiger partial charge in [0, 0.05) is 31.7 Å². The summed E-state index contributed by atoms with van der Waals surface area (Å²) in [6, 6.07) is 20.4. The molecule has 8 heteroatoms. The molecule has 3 rings (SSSR count). The molecule has 33 heavy (non-hydrogen) atoms. The maximum atomic E-state index is 13.4. The first kappa shape index (κ1) is 25.1. The molecule has 176 valence electrons. The monoisotopic (exact) mass is 486 g/mol. The molecule has 0 spiro atoms. The van der Waals surface area contributed by atoms with Gasteiger partial charge in [0.25, 0.3) is 0 Å². The summed E-state index contributed by atoms with van der Waals surface area (Å²) >= 11 is 1.58. The van der Waals surface area contributed by atoms with Gasteiger partial charge in [-0.2, -0.15) is 4.31 Å². The molecular formula is C25H30N2O4S2. The average molecular weight is 487 g/mol. The van der Waals surface area contributed by atoms with Crippen molar-refractivity contribution >= 4 is 27.3 Å². The van der Waals surface area contributed by atoms with Crippen LogP contribution in [0.1, 0.15) is 22.4 Å². The van der Waals surface area contributed by atoms with Gasteiger partial charge in [0.2, 0.25) is 15.9 Å². The molecule has 3 aromatic rings. The van der Waals surface area contributed by atoms with Crippen molar-refractivity contribution in [2.45, 2.75) is 31.3 Å². The van der Waals surface area contributed by atoms with E-state index >= 15 is 0 Å². The summed E-state index contributed by atoms with van der Waals surface area (Å²) < 4.78 is 33.2. The topological polar surface area (TPSA) is 66.9 Å². The van der Waals surface area contributed by atoms with Gasteiger partial charge in [0.05, 0.1) is 18.0 Å². The Morgan fingerprint density at radius 1 is 0.970 bits per heavy atom. The first-order valence-corrected chi connectivity index (χ1v) is 13.1. The van der Waals surface area contributed by atoms with Gasteiger partial charge in [0.15, 0.2) is 0 Å². The molecule has 2 aromatic carbocycles. The number of thiophene rings is 1. The molecule has 0 atom stereocenters. The number of carbonyl (C=O) groups excluding carboxylic acids is 1. The molecular weight excluding hydrogens is 456 g/mol. The average Bonchev–Trinajstić information content (AvgIpc) is 3.32. The van der Waals surface area contributed by atoms with Crippen LogP contribution in [0.4, 0.5) is 0 Å². The third kappa shape index (κ3) is 7.23. The van der Waals surface area contributed by atoms with Crippen molar-refractivity contribution < 1.29 is 17.9 Å². The third-order valence-corrected chi connectivity index (χ3v) is 7.94. The molecule has 0 aliphatic carbocycles. The number of aryl methyl sites for hydroxylation is 1. The minimum atomic E-state index is -3.83. The van der Waals surface area contributed by atoms with Crippen molar-refractivity contribution in [1.29, 1.82) is 0 Å². The van der Waals surface area contributed by atoms with Crippen molar-refractivity contribution in [1.82, 2.24) is 9.21 Å². The molecule has 1 amide bonds. The van der Waals surface area contributed by atoms with Crippen molar-refractivity contribution in [3.8, 4) is 0 Å². The Labute approximate surface area is 200 Å². The fraction of sp³-hybridized carbons (Fsp3) is 0.320. The summed E-state index contributed by atoms with van der Waals surface area (Å²) in [4.78, 5) is 16.4. The van der Waals surface area contributed by atoms with Crippen molar-refractivity contribution in [3.63, 3.8) is 0 Å². The van der Waals surface area contributed by atoms with Crippen LogP contribution in [-0.2, 0) is 32.6 Å². The van der Waals surface area contributed by atoms with Crippen molar-refractivity contribution in [2.24, 2.45) is 0 Å². The van der Waals surface area contributed by atoms with Crippen LogP contribution < -0.4 is 0 Å². The number of benzene rings is 2. The van der Waals surface area contributed by atoms with Gasteiger partial charge in [-0.25, -0.2) is 8.42 Å². The molecule has 0 aliphatic rings. The Hall–Kier alpha value is -2.52. The zero-order valence-electron chi connectivity index (χ0n) is 19.0. The lowest BCUT2D eigenvalue weighted by Crippen LogP contribution is -2.43. The first-order valence-electron chi connectivity index (χ1n) is 10.8. The summed E-state index contributed by atoms with van der Waals surface area (Å²) in [5.41, 5.74) is 1.97. The fourth-order valence-corrected chi connectivity index (χ4v) is 5.55. The predicted molar refractivity (Wildman–Crippen MR) is 131 cm³/mol. The number of ether oxygens (including phenoxy) is 1. The summed E-state index contributed by atoms with van der Waals surface area (Å²) in [6.45, 7) is 3.14. The van der Waals surface area contributed by atoms with Crippen LogP contribution >= 0.6 is 11.3 Å². The number of hydrogen-bond acceptors (Lipinski definition) is 5. The minimum Gasteiger partial charge on any atom is -0.385 e. The van der Waals surface area contributed by atoms with E-state index in [1.54, 1.807) is 47.6 Å². The Morgan fingerprint density at radius 3 is 2.33 bits per heavy atom. The number of amides is 1. The van der Waals surface area contributed by atoms with E-state index < -0.39 is 10.0 Å². The lowest BCUT2D eigenvalue weighted by Gasteiger charge is -2.27. The third-order valence-electron chi connectivity index (χ3n) is 5.22. The Morgan fingerprint density at radius 2 is 1.70 bits per heavy atom. The van der Waals surface area contributed by atoms with E-state index in [9.17, 15) is 13.2 Å². The highest BCUT2D eigenvalue weighted by molar-refractivity contribution is 7.89. The maximum absolute atomic E-state index is 13.4. The zero-order chi connectivity index (χ0) is 23.7. The van der Waals surface area contributed by atoms with Crippen LogP contribution in [0, 0.1) is 6.92 Å². The molecule has 0 saturated carbocycles. The van der Waals surface area contributed by atoms with Gasteiger partial charge in [0.1, 0.15) is 0 Å². The van der Waals surface area contributed by atoms with E-state index in [1.807, 2.05) is 54.8 Å². The van der Waals surface area contributed by atoms with E-state index in [1.165, 1.54) is 4.31 Å². The van der Waals surface area contributed by atoms with E-state index in [2.05, 4.69) is 0 Å². The highest BCUT2D eigenvalue weighted by atomic mass is 32.2. The standard InChI is InChI=1S/C25H30N2O4S2/c1-21-11-13-24(14-12-21)33(29,30)27(15-7-16-31-2)20-25(28)26(19-23-10-6-17-32-23)18-22-8-4-3-5-9-22/h3-6,8-14,17H,7,15-16,18-20H2,1-2H3. The zero-order valence-corrected chi connectivity index (χ0v) is 20.6. The second-order valence-electron chi connectivity index (χ2n) is 7.81. The predicted octanol–water partition coefficient (Wildman–Crippen LogP) is 4.31. The molecule has 0 unspecified atom stereocenters. The summed E-state index contributed by atoms with van der Waals surface area (Å²) in [7, 11) is -2.25. The first-order chi connectivity index (χ1) is 15.9. The van der Waals surface area contributed by atoms with Crippen LogP contribution in [0.15, 0.2) is 77.0 Å². The largest absolute Gasteiger partial charge is 0.385 e. The molecule has 6 nitrogen and oxygen atoms in total. The van der Waals surface area contributed by atoms with Gasteiger partial charge >= 0.3 is 0 Å². The Bertz CT molecular complexity index is 1100. The van der Waals surface area contributed by atoms with Gasteiger partial charge in [-0.05, 0) is 42.5 Å². The quantitative estimate of drug-likeness (QED) is 0.358. The van der Waals surface area contributed by atoms with E-state index in [-0.39, 0.29) is 23.9 Å². The van der Waals surface area contributed by atoms with Gasteiger partial charge in [-0.1, -0.05) is 54.1 Å². The van der Waals surface area contributed by atoms with Crippen LogP contribution in [-0.4, -0.2) is 50.3 Å². The molecule has 0 aliphatic heterocycles. The lowest BCUT2D eigenvalue weighted by molar-refractivity contribution is -0.132. The lowest BCUT2D eigenvalue weighted by atomic mass is 10.2. The highest BCUT2D eigenvalue weighted by Crippen LogP contribution is 2.19. The van der Waals surface area contributed by atoms with Crippen LogP contribution in [0.3, 0.4) is 0 Å². The molecule has 0 bridgehead atoms. The molecule has 0 N–H and O–H groups in total. The van der Waals surface area contributed by atoms with Crippen LogP contribution in [0.25, 0.3) is 0 Å². The Kier molecular flexibility index (Phi) is 9.20. The van der Waals surface area contributed by atoms with Gasteiger partial charge in [-0.3, -0.25) is 4.79 Å². The number of carbonyl (C=O) groups is 1. The van der Waals surface area contributed by atoms with E-state index in [0.717, 1.165) is 16.0 Å². The Balaban J connectivity index is 1.84. The smallest absolute Gasteiger partial charge is 0.243 e. The normalized spacial score (nSPS) is 11.6. The second kappa shape index (κ2) is 12.1. The number of nitrogens with zero attached hydrogens (tertiary/aromatic N) is 2. The van der Waals surface area contributed by atoms with E-state index in [0.29, 0.717) is 26.1 Å². The second-order valence-corrected chi connectivity index (χ2v) is 10.8. The van der Waals surface area contributed by atoms with Gasteiger partial charge < -0.3 is 9.64 Å². The molecule has 0 radical (unpaired) electrons. The number of rotatable bonds is 12. The van der Waals surface area contributed by atoms with Crippen molar-refractivity contribution in [3.05, 3.63) is 88.1 Å².